The molecule has 0 unspecified atom stereocenters. The van der Waals surface area contributed by atoms with Gasteiger partial charge in [-0.2, -0.15) is 0 Å². The lowest BCUT2D eigenvalue weighted by molar-refractivity contribution is -0.123. The first-order chi connectivity index (χ1) is 7.45. The third-order valence-electron chi connectivity index (χ3n) is 2.80. The van der Waals surface area contributed by atoms with E-state index in [2.05, 4.69) is 5.32 Å². The lowest BCUT2D eigenvalue weighted by Crippen LogP contribution is -2.47. The van der Waals surface area contributed by atoms with Crippen molar-refractivity contribution in [2.24, 2.45) is 0 Å². The van der Waals surface area contributed by atoms with Crippen LogP contribution in [0.5, 0.6) is 0 Å². The number of ketones is 1. The summed E-state index contributed by atoms with van der Waals surface area (Å²) in [7, 11) is 0. The quantitative estimate of drug-likeness (QED) is 0.824. The number of hydrogen-bond acceptors (Lipinski definition) is 2. The standard InChI is InChI=1S/C14H21NO/c1-5-15-14(3,4)13(16)10-12-8-6-11(2)7-9-12/h6-9,15H,5,10H2,1-4H3. The molecular weight excluding hydrogens is 198 g/mol. The highest BCUT2D eigenvalue weighted by molar-refractivity contribution is 5.89. The van der Waals surface area contributed by atoms with Gasteiger partial charge in [-0.1, -0.05) is 36.8 Å². The van der Waals surface area contributed by atoms with Gasteiger partial charge in [0.1, 0.15) is 0 Å². The molecule has 0 radical (unpaired) electrons. The largest absolute Gasteiger partial charge is 0.306 e. The minimum atomic E-state index is -0.431. The number of aryl methyl sites for hydroxylation is 1. The number of carbonyl (C=O) groups excluding carboxylic acids is 1. The van der Waals surface area contributed by atoms with Gasteiger partial charge < -0.3 is 5.32 Å². The fraction of sp³-hybridized carbons (Fsp3) is 0.500. The van der Waals surface area contributed by atoms with Crippen LogP contribution in [0.2, 0.25) is 0 Å². The lowest BCUT2D eigenvalue weighted by Gasteiger charge is -2.24. The third-order valence-corrected chi connectivity index (χ3v) is 2.80. The van der Waals surface area contributed by atoms with E-state index in [0.717, 1.165) is 12.1 Å². The Kier molecular flexibility index (Phi) is 4.25. The molecular formula is C14H21NO. The van der Waals surface area contributed by atoms with E-state index in [-0.39, 0.29) is 5.78 Å². The van der Waals surface area contributed by atoms with Crippen molar-refractivity contribution in [3.8, 4) is 0 Å². The van der Waals surface area contributed by atoms with Gasteiger partial charge in [0.25, 0.3) is 0 Å². The van der Waals surface area contributed by atoms with Gasteiger partial charge in [-0.05, 0) is 32.9 Å². The number of nitrogens with one attached hydrogen (secondary N) is 1. The second-order valence-corrected chi connectivity index (χ2v) is 4.74. The molecule has 88 valence electrons. The molecule has 0 bridgehead atoms. The van der Waals surface area contributed by atoms with Crippen molar-refractivity contribution in [1.29, 1.82) is 0 Å². The predicted molar refractivity (Wildman–Crippen MR) is 67.6 cm³/mol. The van der Waals surface area contributed by atoms with Gasteiger partial charge in [-0.3, -0.25) is 4.79 Å². The van der Waals surface area contributed by atoms with Crippen molar-refractivity contribution in [2.45, 2.75) is 39.7 Å². The van der Waals surface area contributed by atoms with Crippen molar-refractivity contribution in [3.05, 3.63) is 35.4 Å². The molecule has 2 nitrogen and oxygen atoms in total. The molecule has 1 N–H and O–H groups in total. The maximum absolute atomic E-state index is 12.0. The zero-order valence-electron chi connectivity index (χ0n) is 10.6. The van der Waals surface area contributed by atoms with Gasteiger partial charge in [-0.25, -0.2) is 0 Å². The van der Waals surface area contributed by atoms with Crippen LogP contribution in [0, 0.1) is 6.92 Å². The minimum Gasteiger partial charge on any atom is -0.306 e. The summed E-state index contributed by atoms with van der Waals surface area (Å²) in [5, 5.41) is 3.20. The Morgan fingerprint density at radius 1 is 1.25 bits per heavy atom. The highest BCUT2D eigenvalue weighted by Gasteiger charge is 2.25. The normalized spacial score (nSPS) is 11.5. The monoisotopic (exact) mass is 219 g/mol. The van der Waals surface area contributed by atoms with E-state index >= 15 is 0 Å². The number of rotatable bonds is 5. The number of carbonyl (C=O) groups is 1. The summed E-state index contributed by atoms with van der Waals surface area (Å²) in [5.74, 6) is 0.234. The first-order valence-electron chi connectivity index (χ1n) is 5.79. The maximum atomic E-state index is 12.0. The van der Waals surface area contributed by atoms with Crippen LogP contribution in [0.4, 0.5) is 0 Å². The Bertz CT molecular complexity index is 352. The Labute approximate surface area is 98.1 Å². The first kappa shape index (κ1) is 12.9. The molecule has 1 aromatic carbocycles. The van der Waals surface area contributed by atoms with Gasteiger partial charge in [0.15, 0.2) is 5.78 Å². The number of hydrogen-bond donors (Lipinski definition) is 1. The van der Waals surface area contributed by atoms with E-state index in [1.807, 2.05) is 52.0 Å². The van der Waals surface area contributed by atoms with Gasteiger partial charge in [0.05, 0.1) is 5.54 Å². The molecule has 1 rings (SSSR count). The van der Waals surface area contributed by atoms with Crippen LogP contribution in [-0.2, 0) is 11.2 Å². The fourth-order valence-corrected chi connectivity index (χ4v) is 1.65. The smallest absolute Gasteiger partial charge is 0.156 e. The Morgan fingerprint density at radius 2 is 1.81 bits per heavy atom. The molecule has 0 amide bonds. The summed E-state index contributed by atoms with van der Waals surface area (Å²) >= 11 is 0. The summed E-state index contributed by atoms with van der Waals surface area (Å²) < 4.78 is 0. The summed E-state index contributed by atoms with van der Waals surface area (Å²) in [4.78, 5) is 12.0. The Morgan fingerprint density at radius 3 is 2.31 bits per heavy atom. The molecule has 0 atom stereocenters. The van der Waals surface area contributed by atoms with Crippen LogP contribution >= 0.6 is 0 Å². The van der Waals surface area contributed by atoms with Gasteiger partial charge >= 0.3 is 0 Å². The minimum absolute atomic E-state index is 0.234. The van der Waals surface area contributed by atoms with Crippen LogP contribution in [-0.4, -0.2) is 17.9 Å². The average Bonchev–Trinajstić information content (AvgIpc) is 2.21. The van der Waals surface area contributed by atoms with Crippen LogP contribution in [0.15, 0.2) is 24.3 Å². The topological polar surface area (TPSA) is 29.1 Å². The van der Waals surface area contributed by atoms with E-state index in [1.54, 1.807) is 0 Å². The molecule has 0 heterocycles. The van der Waals surface area contributed by atoms with Gasteiger partial charge in [-0.15, -0.1) is 0 Å². The van der Waals surface area contributed by atoms with Crippen molar-refractivity contribution in [2.75, 3.05) is 6.54 Å². The van der Waals surface area contributed by atoms with Gasteiger partial charge in [0, 0.05) is 6.42 Å². The number of likely N-dealkylation sites (N-methyl/N-ethyl adjacent to an activating group) is 1. The predicted octanol–water partition coefficient (Wildman–Crippen LogP) is 2.49. The molecule has 16 heavy (non-hydrogen) atoms. The molecule has 0 aromatic heterocycles. The van der Waals surface area contributed by atoms with Gasteiger partial charge in [0.2, 0.25) is 0 Å². The lowest BCUT2D eigenvalue weighted by atomic mass is 9.93. The van der Waals surface area contributed by atoms with Crippen LogP contribution < -0.4 is 5.32 Å². The molecule has 0 spiro atoms. The van der Waals surface area contributed by atoms with Crippen LogP contribution in [0.1, 0.15) is 31.9 Å². The highest BCUT2D eigenvalue weighted by Crippen LogP contribution is 2.10. The van der Waals surface area contributed by atoms with Crippen molar-refractivity contribution in [3.63, 3.8) is 0 Å². The van der Waals surface area contributed by atoms with Crippen molar-refractivity contribution >= 4 is 5.78 Å². The van der Waals surface area contributed by atoms with Crippen LogP contribution in [0.3, 0.4) is 0 Å². The molecule has 0 aliphatic heterocycles. The molecule has 1 aromatic rings. The Hall–Kier alpha value is -1.15. The van der Waals surface area contributed by atoms with Crippen LogP contribution in [0.25, 0.3) is 0 Å². The van der Waals surface area contributed by atoms with E-state index in [1.165, 1.54) is 5.56 Å². The third kappa shape index (κ3) is 3.46. The molecule has 2 heteroatoms. The van der Waals surface area contributed by atoms with E-state index in [4.69, 9.17) is 0 Å². The maximum Gasteiger partial charge on any atom is 0.156 e. The second-order valence-electron chi connectivity index (χ2n) is 4.74. The van der Waals surface area contributed by atoms with E-state index < -0.39 is 5.54 Å². The number of benzene rings is 1. The highest BCUT2D eigenvalue weighted by atomic mass is 16.1. The average molecular weight is 219 g/mol. The zero-order valence-corrected chi connectivity index (χ0v) is 10.6. The first-order valence-corrected chi connectivity index (χ1v) is 5.79. The molecule has 0 aliphatic carbocycles. The van der Waals surface area contributed by atoms with Crippen molar-refractivity contribution < 1.29 is 4.79 Å². The zero-order chi connectivity index (χ0) is 12.2. The summed E-state index contributed by atoms with van der Waals surface area (Å²) in [5.41, 5.74) is 1.88. The fourth-order valence-electron chi connectivity index (χ4n) is 1.65. The van der Waals surface area contributed by atoms with E-state index in [9.17, 15) is 4.79 Å². The summed E-state index contributed by atoms with van der Waals surface area (Å²) in [6.07, 6.45) is 0.500. The SMILES string of the molecule is CCNC(C)(C)C(=O)Cc1ccc(C)cc1. The molecule has 0 aliphatic rings. The molecule has 0 saturated heterocycles. The molecule has 0 saturated carbocycles. The summed E-state index contributed by atoms with van der Waals surface area (Å²) in [6.45, 7) is 8.75. The Balaban J connectivity index is 2.67. The number of Topliss-reactive ketones (excluding diaryl/α,β-unsaturated/α-hetero) is 1. The molecule has 0 fully saturated rings. The van der Waals surface area contributed by atoms with E-state index in [0.29, 0.717) is 6.42 Å². The second kappa shape index (κ2) is 5.26. The summed E-state index contributed by atoms with van der Waals surface area (Å²) in [6, 6.07) is 8.14. The van der Waals surface area contributed by atoms with Crippen molar-refractivity contribution in [1.82, 2.24) is 5.32 Å².